The van der Waals surface area contributed by atoms with Gasteiger partial charge in [0, 0.05) is 34.9 Å². The Bertz CT molecular complexity index is 951. The predicted octanol–water partition coefficient (Wildman–Crippen LogP) is 4.33. The third-order valence-corrected chi connectivity index (χ3v) is 5.33. The van der Waals surface area contributed by atoms with Crippen molar-refractivity contribution >= 4 is 17.2 Å². The lowest BCUT2D eigenvalue weighted by Gasteiger charge is -2.37. The Balaban J connectivity index is 1.80. The van der Waals surface area contributed by atoms with Gasteiger partial charge in [-0.1, -0.05) is 12.2 Å². The van der Waals surface area contributed by atoms with Crippen LogP contribution < -0.4 is 5.32 Å². The van der Waals surface area contributed by atoms with E-state index < -0.39 is 4.92 Å². The quantitative estimate of drug-likeness (QED) is 0.372. The summed E-state index contributed by atoms with van der Waals surface area (Å²) in [7, 11) is 0. The first kappa shape index (κ1) is 16.3. The second-order valence-corrected chi connectivity index (χ2v) is 6.83. The zero-order chi connectivity index (χ0) is 18.4. The monoisotopic (exact) mass is 350 g/mol. The first-order valence-corrected chi connectivity index (χ1v) is 8.51. The number of nitro groups is 1. The van der Waals surface area contributed by atoms with E-state index in [1.165, 1.54) is 18.2 Å². The van der Waals surface area contributed by atoms with Crippen molar-refractivity contribution in [2.75, 3.05) is 5.32 Å². The molecule has 6 nitrogen and oxygen atoms in total. The summed E-state index contributed by atoms with van der Waals surface area (Å²) in [6.45, 7) is 1.55. The molecule has 132 valence electrons. The van der Waals surface area contributed by atoms with Gasteiger partial charge in [-0.2, -0.15) is 0 Å². The van der Waals surface area contributed by atoms with Gasteiger partial charge in [0.05, 0.1) is 11.0 Å². The van der Waals surface area contributed by atoms with Gasteiger partial charge in [-0.05, 0) is 49.1 Å². The molecule has 0 aromatic heterocycles. The highest BCUT2D eigenvalue weighted by molar-refractivity contribution is 5.95. The lowest BCUT2D eigenvalue weighted by molar-refractivity contribution is -0.385. The molecule has 1 aliphatic carbocycles. The van der Waals surface area contributed by atoms with Crippen LogP contribution in [0.4, 0.5) is 11.4 Å². The molecule has 2 N–H and O–H groups in total. The maximum Gasteiger partial charge on any atom is 0.270 e. The van der Waals surface area contributed by atoms with Crippen molar-refractivity contribution in [3.8, 4) is 5.75 Å². The molecule has 0 saturated carbocycles. The fourth-order valence-electron chi connectivity index (χ4n) is 4.03. The number of non-ortho nitro benzene ring substituents is 1. The third kappa shape index (κ3) is 2.54. The van der Waals surface area contributed by atoms with Crippen LogP contribution in [0.2, 0.25) is 0 Å². The van der Waals surface area contributed by atoms with Crippen molar-refractivity contribution in [3.05, 3.63) is 75.4 Å². The Morgan fingerprint density at radius 1 is 1.23 bits per heavy atom. The van der Waals surface area contributed by atoms with E-state index in [-0.39, 0.29) is 35.1 Å². The van der Waals surface area contributed by atoms with Crippen molar-refractivity contribution < 1.29 is 14.8 Å². The molecule has 0 spiro atoms. The predicted molar refractivity (Wildman–Crippen MR) is 97.6 cm³/mol. The number of phenols is 1. The van der Waals surface area contributed by atoms with Crippen LogP contribution in [0.5, 0.6) is 5.75 Å². The molecular weight excluding hydrogens is 332 g/mol. The number of Topliss-reactive ketones (excluding diaryl/α,β-unsaturated/α-hetero) is 1. The highest BCUT2D eigenvalue weighted by atomic mass is 16.6. The van der Waals surface area contributed by atoms with Gasteiger partial charge in [-0.3, -0.25) is 14.9 Å². The number of allylic oxidation sites excluding steroid dienone is 2. The summed E-state index contributed by atoms with van der Waals surface area (Å²) in [4.78, 5) is 22.4. The normalized spacial score (nSPS) is 23.0. The smallest absolute Gasteiger partial charge is 0.270 e. The first-order chi connectivity index (χ1) is 12.5. The van der Waals surface area contributed by atoms with Gasteiger partial charge in [0.2, 0.25) is 0 Å². The lowest BCUT2D eigenvalue weighted by atomic mass is 9.76. The van der Waals surface area contributed by atoms with Crippen molar-refractivity contribution in [3.63, 3.8) is 0 Å². The van der Waals surface area contributed by atoms with E-state index in [4.69, 9.17) is 0 Å². The standard InChI is InChI=1S/C20H18N2O4/c1-11(23)12-5-7-18-16(9-12)14-3-2-4-15(14)20(21-18)17-10-13(22(25)26)6-8-19(17)24/h2-3,5-10,14-15,20-21,24H,4H2,1H3. The van der Waals surface area contributed by atoms with Gasteiger partial charge in [0.15, 0.2) is 5.78 Å². The topological polar surface area (TPSA) is 92.5 Å². The highest BCUT2D eigenvalue weighted by Crippen LogP contribution is 2.51. The molecule has 26 heavy (non-hydrogen) atoms. The Kier molecular flexibility index (Phi) is 3.76. The van der Waals surface area contributed by atoms with Crippen LogP contribution in [0.1, 0.15) is 46.8 Å². The second kappa shape index (κ2) is 5.98. The molecule has 0 fully saturated rings. The van der Waals surface area contributed by atoms with Crippen LogP contribution in [0.3, 0.4) is 0 Å². The summed E-state index contributed by atoms with van der Waals surface area (Å²) in [5, 5.41) is 24.9. The number of anilines is 1. The van der Waals surface area contributed by atoms with Crippen molar-refractivity contribution in [1.29, 1.82) is 0 Å². The molecule has 6 heteroatoms. The van der Waals surface area contributed by atoms with Gasteiger partial charge in [0.25, 0.3) is 5.69 Å². The van der Waals surface area contributed by atoms with E-state index in [1.807, 2.05) is 12.1 Å². The van der Waals surface area contributed by atoms with Crippen molar-refractivity contribution in [1.82, 2.24) is 0 Å². The summed E-state index contributed by atoms with van der Waals surface area (Å²) in [5.74, 6) is 0.291. The molecule has 0 amide bonds. The van der Waals surface area contributed by atoms with E-state index in [2.05, 4.69) is 17.5 Å². The number of hydrogen-bond acceptors (Lipinski definition) is 5. The maximum atomic E-state index is 11.7. The molecule has 1 heterocycles. The maximum absolute atomic E-state index is 11.7. The van der Waals surface area contributed by atoms with Gasteiger partial charge >= 0.3 is 0 Å². The average molecular weight is 350 g/mol. The number of phenolic OH excluding ortho intramolecular Hbond substituents is 1. The summed E-state index contributed by atoms with van der Waals surface area (Å²) in [6, 6.07) is 9.44. The van der Waals surface area contributed by atoms with Crippen LogP contribution in [0.25, 0.3) is 0 Å². The minimum Gasteiger partial charge on any atom is -0.508 e. The van der Waals surface area contributed by atoms with Crippen molar-refractivity contribution in [2.45, 2.75) is 25.3 Å². The van der Waals surface area contributed by atoms with E-state index in [0.29, 0.717) is 11.1 Å². The van der Waals surface area contributed by atoms with E-state index in [1.54, 1.807) is 13.0 Å². The van der Waals surface area contributed by atoms with Crippen LogP contribution in [-0.2, 0) is 0 Å². The third-order valence-electron chi connectivity index (χ3n) is 5.33. The molecule has 2 aromatic carbocycles. The van der Waals surface area contributed by atoms with E-state index in [9.17, 15) is 20.0 Å². The molecule has 1 aliphatic heterocycles. The molecule has 2 aromatic rings. The van der Waals surface area contributed by atoms with Crippen LogP contribution in [-0.4, -0.2) is 15.8 Å². The van der Waals surface area contributed by atoms with Crippen LogP contribution in [0, 0.1) is 16.0 Å². The first-order valence-electron chi connectivity index (χ1n) is 8.51. The fourth-order valence-corrected chi connectivity index (χ4v) is 4.03. The van der Waals surface area contributed by atoms with Crippen LogP contribution >= 0.6 is 0 Å². The Morgan fingerprint density at radius 3 is 2.77 bits per heavy atom. The van der Waals surface area contributed by atoms with E-state index >= 15 is 0 Å². The number of nitrogens with one attached hydrogen (secondary N) is 1. The van der Waals surface area contributed by atoms with Crippen LogP contribution in [0.15, 0.2) is 48.6 Å². The van der Waals surface area contributed by atoms with Gasteiger partial charge in [-0.15, -0.1) is 0 Å². The SMILES string of the molecule is CC(=O)c1ccc2c(c1)C1C=CCC1C(c1cc([N+](=O)[O-])ccc1O)N2. The Labute approximate surface area is 150 Å². The minimum absolute atomic E-state index is 0.0183. The van der Waals surface area contributed by atoms with Gasteiger partial charge < -0.3 is 10.4 Å². The molecule has 0 bridgehead atoms. The molecule has 0 radical (unpaired) electrons. The lowest BCUT2D eigenvalue weighted by Crippen LogP contribution is -2.29. The number of hydrogen-bond donors (Lipinski definition) is 2. The number of nitrogens with zero attached hydrogens (tertiary/aromatic N) is 1. The van der Waals surface area contributed by atoms with E-state index in [0.717, 1.165) is 17.7 Å². The van der Waals surface area contributed by atoms with Crippen molar-refractivity contribution in [2.24, 2.45) is 5.92 Å². The Hall–Kier alpha value is -3.15. The number of carbonyl (C=O) groups is 1. The number of ketones is 1. The summed E-state index contributed by atoms with van der Waals surface area (Å²) >= 11 is 0. The number of fused-ring (bicyclic) bond motifs is 3. The average Bonchev–Trinajstić information content (AvgIpc) is 3.11. The number of benzene rings is 2. The number of carbonyl (C=O) groups excluding carboxylic acids is 1. The zero-order valence-corrected chi connectivity index (χ0v) is 14.2. The molecular formula is C20H18N2O4. The minimum atomic E-state index is -0.455. The highest BCUT2D eigenvalue weighted by Gasteiger charge is 2.39. The molecule has 3 unspecified atom stereocenters. The summed E-state index contributed by atoms with van der Waals surface area (Å²) < 4.78 is 0. The largest absolute Gasteiger partial charge is 0.508 e. The van der Waals surface area contributed by atoms with Gasteiger partial charge in [0.1, 0.15) is 5.75 Å². The zero-order valence-electron chi connectivity index (χ0n) is 14.2. The summed E-state index contributed by atoms with van der Waals surface area (Å²) in [6.07, 6.45) is 5.01. The Morgan fingerprint density at radius 2 is 2.04 bits per heavy atom. The number of aromatic hydroxyl groups is 1. The van der Waals surface area contributed by atoms with Gasteiger partial charge in [-0.25, -0.2) is 0 Å². The molecule has 2 aliphatic rings. The summed E-state index contributed by atoms with van der Waals surface area (Å²) in [5.41, 5.74) is 3.09. The fraction of sp³-hybridized carbons (Fsp3) is 0.250. The second-order valence-electron chi connectivity index (χ2n) is 6.83. The number of nitro benzene ring substituents is 1. The molecule has 3 atom stereocenters. The molecule has 0 saturated heterocycles. The molecule has 4 rings (SSSR count). The number of rotatable bonds is 3.